The smallest absolute Gasteiger partial charge is 0.250 e. The molecule has 9 heteroatoms. The summed E-state index contributed by atoms with van der Waals surface area (Å²) in [6.07, 6.45) is 7.03. The van der Waals surface area contributed by atoms with Gasteiger partial charge < -0.3 is 0 Å². The number of carbonyl (C=O) groups excluding carboxylic acids is 1. The molecule has 0 bridgehead atoms. The van der Waals surface area contributed by atoms with Crippen LogP contribution in [0.4, 0.5) is 9.52 Å². The highest BCUT2D eigenvalue weighted by Gasteiger charge is 2.06. The molecule has 0 aliphatic carbocycles. The normalized spacial score (nSPS) is 11.1. The van der Waals surface area contributed by atoms with Crippen molar-refractivity contribution in [3.63, 3.8) is 0 Å². The molecule has 0 aliphatic heterocycles. The van der Waals surface area contributed by atoms with Crippen LogP contribution in [0.15, 0.2) is 67.1 Å². The fourth-order valence-electron chi connectivity index (χ4n) is 2.59. The number of rotatable bonds is 6. The maximum atomic E-state index is 13.0. The van der Waals surface area contributed by atoms with Gasteiger partial charge in [-0.25, -0.2) is 14.1 Å². The lowest BCUT2D eigenvalue weighted by atomic mass is 10.1. The predicted octanol–water partition coefficient (Wildman–Crippen LogP) is 3.50. The first-order valence-corrected chi connectivity index (χ1v) is 9.49. The molecule has 0 saturated heterocycles. The van der Waals surface area contributed by atoms with Gasteiger partial charge in [0.15, 0.2) is 5.13 Å². The predicted molar refractivity (Wildman–Crippen MR) is 108 cm³/mol. The third-order valence-electron chi connectivity index (χ3n) is 4.01. The van der Waals surface area contributed by atoms with Crippen molar-refractivity contribution in [1.29, 1.82) is 0 Å². The summed E-state index contributed by atoms with van der Waals surface area (Å²) >= 11 is 1.39. The molecule has 7 nitrogen and oxygen atoms in total. The molecular formula is C20H15FN6OS. The molecule has 2 heterocycles. The Morgan fingerprint density at radius 3 is 2.66 bits per heavy atom. The van der Waals surface area contributed by atoms with Gasteiger partial charge in [-0.15, -0.1) is 16.4 Å². The van der Waals surface area contributed by atoms with Gasteiger partial charge >= 0.3 is 0 Å². The molecule has 1 amide bonds. The minimum Gasteiger partial charge on any atom is -0.298 e. The summed E-state index contributed by atoms with van der Waals surface area (Å²) in [4.78, 5) is 17.3. The number of aromatic nitrogens is 5. The molecule has 2 aromatic heterocycles. The largest absolute Gasteiger partial charge is 0.298 e. The Balaban J connectivity index is 1.33. The van der Waals surface area contributed by atoms with Crippen molar-refractivity contribution in [2.24, 2.45) is 0 Å². The van der Waals surface area contributed by atoms with Crippen LogP contribution in [0.2, 0.25) is 0 Å². The molecule has 0 radical (unpaired) electrons. The van der Waals surface area contributed by atoms with Crippen LogP contribution in [0, 0.1) is 5.82 Å². The first kappa shape index (κ1) is 18.6. The van der Waals surface area contributed by atoms with Gasteiger partial charge in [0.2, 0.25) is 5.91 Å². The molecule has 0 atom stereocenters. The summed E-state index contributed by atoms with van der Waals surface area (Å²) in [5.41, 5.74) is 2.68. The molecule has 2 aromatic carbocycles. The molecule has 0 saturated carbocycles. The maximum absolute atomic E-state index is 13.0. The maximum Gasteiger partial charge on any atom is 0.250 e. The Morgan fingerprint density at radius 1 is 1.14 bits per heavy atom. The molecule has 29 heavy (non-hydrogen) atoms. The number of halogens is 1. The van der Waals surface area contributed by atoms with Crippen LogP contribution in [0.25, 0.3) is 11.8 Å². The molecule has 0 unspecified atom stereocenters. The van der Waals surface area contributed by atoms with E-state index in [9.17, 15) is 9.18 Å². The van der Waals surface area contributed by atoms with Gasteiger partial charge in [0.05, 0.1) is 5.69 Å². The molecule has 0 spiro atoms. The van der Waals surface area contributed by atoms with E-state index in [2.05, 4.69) is 25.8 Å². The van der Waals surface area contributed by atoms with Crippen LogP contribution in [-0.2, 0) is 11.2 Å². The van der Waals surface area contributed by atoms with E-state index in [4.69, 9.17) is 0 Å². The van der Waals surface area contributed by atoms with E-state index >= 15 is 0 Å². The molecule has 4 rings (SSSR count). The number of nitrogens with one attached hydrogen (secondary N) is 1. The van der Waals surface area contributed by atoms with E-state index in [0.717, 1.165) is 21.7 Å². The third kappa shape index (κ3) is 4.96. The van der Waals surface area contributed by atoms with Crippen LogP contribution < -0.4 is 5.32 Å². The zero-order valence-electron chi connectivity index (χ0n) is 15.1. The lowest BCUT2D eigenvalue weighted by Gasteiger charge is -2.00. The number of amides is 1. The second kappa shape index (κ2) is 8.53. The van der Waals surface area contributed by atoms with Crippen molar-refractivity contribution in [1.82, 2.24) is 25.2 Å². The van der Waals surface area contributed by atoms with Gasteiger partial charge in [0, 0.05) is 23.6 Å². The summed E-state index contributed by atoms with van der Waals surface area (Å²) < 4.78 is 14.5. The zero-order valence-corrected chi connectivity index (χ0v) is 15.9. The zero-order chi connectivity index (χ0) is 20.1. The third-order valence-corrected chi connectivity index (χ3v) is 4.92. The van der Waals surface area contributed by atoms with Gasteiger partial charge in [0.25, 0.3) is 0 Å². The Labute approximate surface area is 169 Å². The lowest BCUT2D eigenvalue weighted by molar-refractivity contribution is -0.111. The van der Waals surface area contributed by atoms with Crippen molar-refractivity contribution in [2.75, 3.05) is 5.32 Å². The molecule has 144 valence electrons. The number of nitrogens with zero attached hydrogens (tertiary/aromatic N) is 5. The van der Waals surface area contributed by atoms with Gasteiger partial charge in [-0.1, -0.05) is 24.3 Å². The van der Waals surface area contributed by atoms with Crippen molar-refractivity contribution in [2.45, 2.75) is 6.42 Å². The molecule has 4 aromatic rings. The van der Waals surface area contributed by atoms with E-state index in [1.54, 1.807) is 29.1 Å². The van der Waals surface area contributed by atoms with E-state index < -0.39 is 0 Å². The van der Waals surface area contributed by atoms with Gasteiger partial charge in [-0.3, -0.25) is 10.1 Å². The van der Waals surface area contributed by atoms with E-state index in [1.807, 2.05) is 24.3 Å². The standard InChI is InChI=1S/C20H15FN6OS/c21-16-6-1-15(2-7-16)11-18-12-22-20(29-18)24-19(28)10-5-14-3-8-17(9-4-14)27-13-23-25-26-27/h1-10,12-13H,11H2,(H,22,24,28)/b10-5+. The summed E-state index contributed by atoms with van der Waals surface area (Å²) in [5, 5.41) is 14.3. The monoisotopic (exact) mass is 406 g/mol. The van der Waals surface area contributed by atoms with Crippen molar-refractivity contribution < 1.29 is 9.18 Å². The summed E-state index contributed by atoms with van der Waals surface area (Å²) in [6.45, 7) is 0. The number of anilines is 1. The van der Waals surface area contributed by atoms with Crippen LogP contribution in [0.5, 0.6) is 0 Å². The molecular weight excluding hydrogens is 391 g/mol. The number of hydrogen-bond acceptors (Lipinski definition) is 6. The Kier molecular flexibility index (Phi) is 5.48. The van der Waals surface area contributed by atoms with Gasteiger partial charge in [0.1, 0.15) is 12.1 Å². The Morgan fingerprint density at radius 2 is 1.93 bits per heavy atom. The summed E-state index contributed by atoms with van der Waals surface area (Å²) in [7, 11) is 0. The molecule has 0 fully saturated rings. The number of carbonyl (C=O) groups is 1. The quantitative estimate of drug-likeness (QED) is 0.496. The minimum atomic E-state index is -0.266. The number of benzene rings is 2. The summed E-state index contributed by atoms with van der Waals surface area (Å²) in [5.74, 6) is -0.528. The average Bonchev–Trinajstić information content (AvgIpc) is 3.41. The van der Waals surface area contributed by atoms with Gasteiger partial charge in [-0.2, -0.15) is 0 Å². The van der Waals surface area contributed by atoms with Crippen LogP contribution in [-0.4, -0.2) is 31.1 Å². The highest BCUT2D eigenvalue weighted by Crippen LogP contribution is 2.21. The fraction of sp³-hybridized carbons (Fsp3) is 0.0500. The first-order chi connectivity index (χ1) is 14.2. The molecule has 1 N–H and O–H groups in total. The lowest BCUT2D eigenvalue weighted by Crippen LogP contribution is -2.07. The second-order valence-electron chi connectivity index (χ2n) is 6.10. The highest BCUT2D eigenvalue weighted by molar-refractivity contribution is 7.15. The van der Waals surface area contributed by atoms with Crippen LogP contribution in [0.3, 0.4) is 0 Å². The number of thiazole rings is 1. The number of tetrazole rings is 1. The van der Waals surface area contributed by atoms with Crippen LogP contribution in [0.1, 0.15) is 16.0 Å². The van der Waals surface area contributed by atoms with Crippen LogP contribution >= 0.6 is 11.3 Å². The first-order valence-electron chi connectivity index (χ1n) is 8.67. The van der Waals surface area contributed by atoms with Gasteiger partial charge in [-0.05, 0) is 51.9 Å². The van der Waals surface area contributed by atoms with Crippen molar-refractivity contribution >= 4 is 28.5 Å². The van der Waals surface area contributed by atoms with Crippen molar-refractivity contribution in [3.05, 3.63) is 89.0 Å². The topological polar surface area (TPSA) is 85.6 Å². The van der Waals surface area contributed by atoms with E-state index in [1.165, 1.54) is 35.9 Å². The Hall–Kier alpha value is -3.72. The van der Waals surface area contributed by atoms with Crippen molar-refractivity contribution in [3.8, 4) is 5.69 Å². The minimum absolute atomic E-state index is 0.261. The Bertz CT molecular complexity index is 1120. The second-order valence-corrected chi connectivity index (χ2v) is 7.22. The SMILES string of the molecule is O=C(/C=C/c1ccc(-n2cnnn2)cc1)Nc1ncc(Cc2ccc(F)cc2)s1. The summed E-state index contributed by atoms with van der Waals surface area (Å²) in [6, 6.07) is 13.8. The molecule has 0 aliphatic rings. The van der Waals surface area contributed by atoms with E-state index in [0.29, 0.717) is 11.6 Å². The average molecular weight is 406 g/mol. The highest BCUT2D eigenvalue weighted by atomic mass is 32.1. The fourth-order valence-corrected chi connectivity index (χ4v) is 3.44. The number of hydrogen-bond donors (Lipinski definition) is 1. The van der Waals surface area contributed by atoms with E-state index in [-0.39, 0.29) is 11.7 Å².